The Labute approximate surface area is 163 Å². The largest absolute Gasteiger partial charge is 0.496 e. The van der Waals surface area contributed by atoms with Gasteiger partial charge in [0.25, 0.3) is 0 Å². The van der Waals surface area contributed by atoms with Gasteiger partial charge in [0.1, 0.15) is 18.8 Å². The maximum Gasteiger partial charge on any atom is 0.122 e. The zero-order valence-electron chi connectivity index (χ0n) is 16.7. The van der Waals surface area contributed by atoms with E-state index in [0.717, 1.165) is 31.8 Å². The van der Waals surface area contributed by atoms with Crippen molar-refractivity contribution < 1.29 is 9.64 Å². The predicted molar refractivity (Wildman–Crippen MR) is 112 cm³/mol. The molecule has 0 aliphatic heterocycles. The van der Waals surface area contributed by atoms with Crippen LogP contribution in [0.5, 0.6) is 5.75 Å². The molecule has 1 atom stereocenters. The molecule has 2 nitrogen and oxygen atoms in total. The summed E-state index contributed by atoms with van der Waals surface area (Å²) in [5.74, 6) is 0.977. The van der Waals surface area contributed by atoms with Crippen LogP contribution in [0, 0.1) is 13.8 Å². The fraction of sp³-hybridized carbons (Fsp3) is 0.280. The van der Waals surface area contributed by atoms with Crippen molar-refractivity contribution >= 4 is 0 Å². The third kappa shape index (κ3) is 5.45. The van der Waals surface area contributed by atoms with E-state index < -0.39 is 0 Å². The van der Waals surface area contributed by atoms with Gasteiger partial charge in [-0.2, -0.15) is 0 Å². The third-order valence-electron chi connectivity index (χ3n) is 5.20. The van der Waals surface area contributed by atoms with Crippen LogP contribution in [0.1, 0.15) is 27.8 Å². The van der Waals surface area contributed by atoms with Crippen LogP contribution in [0.2, 0.25) is 0 Å². The summed E-state index contributed by atoms with van der Waals surface area (Å²) >= 11 is 0. The minimum Gasteiger partial charge on any atom is -0.496 e. The second-order valence-corrected chi connectivity index (χ2v) is 7.32. The molecule has 0 radical (unpaired) electrons. The zero-order chi connectivity index (χ0) is 19.1. The van der Waals surface area contributed by atoms with Crippen molar-refractivity contribution in [2.24, 2.45) is 0 Å². The van der Waals surface area contributed by atoms with Crippen molar-refractivity contribution in [2.75, 3.05) is 13.7 Å². The molecule has 1 N–H and O–H groups in total. The highest BCUT2D eigenvalue weighted by Gasteiger charge is 2.14. The van der Waals surface area contributed by atoms with Gasteiger partial charge < -0.3 is 9.64 Å². The molecule has 27 heavy (non-hydrogen) atoms. The van der Waals surface area contributed by atoms with Gasteiger partial charge in [-0.25, -0.2) is 0 Å². The summed E-state index contributed by atoms with van der Waals surface area (Å²) in [5.41, 5.74) is 6.73. The predicted octanol–water partition coefficient (Wildman–Crippen LogP) is 4.14. The fourth-order valence-corrected chi connectivity index (χ4v) is 3.62. The van der Waals surface area contributed by atoms with E-state index in [4.69, 9.17) is 4.74 Å². The van der Waals surface area contributed by atoms with E-state index in [1.54, 1.807) is 12.0 Å². The Hall–Kier alpha value is -2.58. The summed E-state index contributed by atoms with van der Waals surface area (Å²) in [7, 11) is 1.74. The molecule has 0 saturated carbocycles. The van der Waals surface area contributed by atoms with Crippen molar-refractivity contribution in [2.45, 2.75) is 33.4 Å². The van der Waals surface area contributed by atoms with Gasteiger partial charge in [-0.05, 0) is 42.7 Å². The monoisotopic (exact) mass is 360 g/mol. The fourth-order valence-electron chi connectivity index (χ4n) is 3.62. The molecule has 0 fully saturated rings. The molecule has 0 aliphatic carbocycles. The normalized spacial score (nSPS) is 12.0. The van der Waals surface area contributed by atoms with Gasteiger partial charge >= 0.3 is 0 Å². The van der Waals surface area contributed by atoms with Gasteiger partial charge in [0.05, 0.1) is 13.7 Å². The summed E-state index contributed by atoms with van der Waals surface area (Å²) in [5, 5.41) is 0. The number of hydrogen-bond donors (Lipinski definition) is 1. The van der Waals surface area contributed by atoms with E-state index in [1.807, 2.05) is 0 Å². The van der Waals surface area contributed by atoms with E-state index in [9.17, 15) is 0 Å². The number of quaternary nitrogens is 1. The van der Waals surface area contributed by atoms with Crippen LogP contribution in [-0.4, -0.2) is 13.7 Å². The summed E-state index contributed by atoms with van der Waals surface area (Å²) in [6, 6.07) is 26.1. The van der Waals surface area contributed by atoms with Crippen molar-refractivity contribution in [1.82, 2.24) is 0 Å². The van der Waals surface area contributed by atoms with Crippen molar-refractivity contribution in [1.29, 1.82) is 0 Å². The van der Waals surface area contributed by atoms with Gasteiger partial charge in [0.2, 0.25) is 0 Å². The molecule has 0 saturated heterocycles. The molecule has 0 aromatic heterocycles. The van der Waals surface area contributed by atoms with Gasteiger partial charge in [0.15, 0.2) is 0 Å². The molecule has 0 spiro atoms. The number of nitrogens with one attached hydrogen (secondary N) is 1. The van der Waals surface area contributed by atoms with Gasteiger partial charge in [0, 0.05) is 17.5 Å². The Morgan fingerprint density at radius 2 is 1.37 bits per heavy atom. The first-order valence-electron chi connectivity index (χ1n) is 9.71. The maximum atomic E-state index is 5.48. The average molecular weight is 361 g/mol. The Kier molecular flexibility index (Phi) is 6.67. The molecule has 0 amide bonds. The van der Waals surface area contributed by atoms with Crippen LogP contribution in [0.15, 0.2) is 72.8 Å². The molecule has 0 heterocycles. The summed E-state index contributed by atoms with van der Waals surface area (Å²) < 4.78 is 5.48. The maximum absolute atomic E-state index is 5.48. The lowest BCUT2D eigenvalue weighted by molar-refractivity contribution is -0.927. The second-order valence-electron chi connectivity index (χ2n) is 7.32. The van der Waals surface area contributed by atoms with Crippen molar-refractivity contribution in [3.63, 3.8) is 0 Å². The molecule has 140 valence electrons. The SMILES string of the molecule is COc1cc(C)c(C[NH+](CCc2ccccc2)Cc2ccccc2)cc1C. The molecule has 1 unspecified atom stereocenters. The molecule has 3 aromatic carbocycles. The van der Waals surface area contributed by atoms with E-state index in [0.29, 0.717) is 0 Å². The second kappa shape index (κ2) is 9.38. The number of ether oxygens (including phenoxy) is 1. The molecular weight excluding hydrogens is 330 g/mol. The van der Waals surface area contributed by atoms with Crippen molar-refractivity contribution in [3.05, 3.63) is 101 Å². The lowest BCUT2D eigenvalue weighted by atomic mass is 10.0. The summed E-state index contributed by atoms with van der Waals surface area (Å²) in [6.45, 7) is 7.50. The first kappa shape index (κ1) is 19.2. The van der Waals surface area contributed by atoms with E-state index in [1.165, 1.54) is 27.8 Å². The minimum atomic E-state index is 0.977. The number of benzene rings is 3. The van der Waals surface area contributed by atoms with Gasteiger partial charge in [-0.1, -0.05) is 60.7 Å². The van der Waals surface area contributed by atoms with E-state index in [2.05, 4.69) is 86.6 Å². The van der Waals surface area contributed by atoms with E-state index >= 15 is 0 Å². The third-order valence-corrected chi connectivity index (χ3v) is 5.20. The lowest BCUT2D eigenvalue weighted by Crippen LogP contribution is -3.09. The van der Waals surface area contributed by atoms with Crippen LogP contribution in [0.25, 0.3) is 0 Å². The quantitative estimate of drug-likeness (QED) is 0.637. The van der Waals surface area contributed by atoms with Crippen LogP contribution < -0.4 is 9.64 Å². The Morgan fingerprint density at radius 1 is 0.741 bits per heavy atom. The van der Waals surface area contributed by atoms with E-state index in [-0.39, 0.29) is 0 Å². The zero-order valence-corrected chi connectivity index (χ0v) is 16.7. The topological polar surface area (TPSA) is 13.7 Å². The van der Waals surface area contributed by atoms with Gasteiger partial charge in [-0.3, -0.25) is 0 Å². The Morgan fingerprint density at radius 3 is 2.00 bits per heavy atom. The molecular formula is C25H30NO+. The highest BCUT2D eigenvalue weighted by Crippen LogP contribution is 2.22. The number of rotatable bonds is 8. The summed E-state index contributed by atoms with van der Waals surface area (Å²) in [4.78, 5) is 1.58. The van der Waals surface area contributed by atoms with Gasteiger partial charge in [-0.15, -0.1) is 0 Å². The van der Waals surface area contributed by atoms with Crippen LogP contribution in [0.4, 0.5) is 0 Å². The first-order chi connectivity index (χ1) is 13.2. The Balaban J connectivity index is 1.77. The summed E-state index contributed by atoms with van der Waals surface area (Å²) in [6.07, 6.45) is 1.09. The Bertz CT molecular complexity index is 843. The van der Waals surface area contributed by atoms with Crippen LogP contribution >= 0.6 is 0 Å². The van der Waals surface area contributed by atoms with Crippen molar-refractivity contribution in [3.8, 4) is 5.75 Å². The molecule has 3 rings (SSSR count). The minimum absolute atomic E-state index is 0.977. The van der Waals surface area contributed by atoms with Crippen LogP contribution in [0.3, 0.4) is 0 Å². The molecule has 0 aliphatic rings. The standard InChI is InChI=1S/C25H29NO/c1-20-17-25(27-3)21(2)16-24(20)19-26(18-23-12-8-5-9-13-23)15-14-22-10-6-4-7-11-22/h4-13,16-17H,14-15,18-19H2,1-3H3/p+1. The highest BCUT2D eigenvalue weighted by molar-refractivity contribution is 5.41. The number of methoxy groups -OCH3 is 1. The smallest absolute Gasteiger partial charge is 0.122 e. The number of hydrogen-bond acceptors (Lipinski definition) is 1. The van der Waals surface area contributed by atoms with Crippen LogP contribution in [-0.2, 0) is 19.5 Å². The average Bonchev–Trinajstić information content (AvgIpc) is 2.70. The first-order valence-corrected chi connectivity index (χ1v) is 9.71. The molecule has 0 bridgehead atoms. The highest BCUT2D eigenvalue weighted by atomic mass is 16.5. The lowest BCUT2D eigenvalue weighted by Gasteiger charge is -2.22. The number of aryl methyl sites for hydroxylation is 2. The molecule has 2 heteroatoms. The molecule has 3 aromatic rings.